The molecule has 0 aliphatic rings. The summed E-state index contributed by atoms with van der Waals surface area (Å²) in [5.41, 5.74) is 1.02. The summed E-state index contributed by atoms with van der Waals surface area (Å²) in [5.74, 6) is -0.968. The number of aromatic nitrogens is 3. The average molecular weight is 547 g/mol. The molecule has 4 aromatic rings. The van der Waals surface area contributed by atoms with Gasteiger partial charge in [-0.25, -0.2) is 12.8 Å². The van der Waals surface area contributed by atoms with Crippen molar-refractivity contribution in [1.29, 1.82) is 5.26 Å². The Morgan fingerprint density at radius 3 is 2.46 bits per heavy atom. The predicted molar refractivity (Wildman–Crippen MR) is 143 cm³/mol. The largest absolute Gasteiger partial charge is 0.493 e. The first-order chi connectivity index (χ1) is 18.7. The number of aryl methyl sites for hydroxylation is 1. The van der Waals surface area contributed by atoms with Crippen molar-refractivity contribution in [2.75, 3.05) is 0 Å². The van der Waals surface area contributed by atoms with Gasteiger partial charge in [0.05, 0.1) is 28.8 Å². The summed E-state index contributed by atoms with van der Waals surface area (Å²) < 4.78 is 42.3. The van der Waals surface area contributed by atoms with Crippen LogP contribution < -0.4 is 5.56 Å². The third kappa shape index (κ3) is 5.59. The number of nitrogens with zero attached hydrogens (tertiary/aromatic N) is 4. The van der Waals surface area contributed by atoms with Gasteiger partial charge in [0.15, 0.2) is 4.90 Å². The second-order valence-corrected chi connectivity index (χ2v) is 10.9. The maximum Gasteiger partial charge on any atom is 0.296 e. The molecular formula is C29H27FN4O4S. The van der Waals surface area contributed by atoms with Gasteiger partial charge in [0.25, 0.3) is 5.56 Å². The first kappa shape index (κ1) is 27.7. The molecule has 0 radical (unpaired) electrons. The van der Waals surface area contributed by atoms with Gasteiger partial charge in [-0.2, -0.15) is 10.2 Å². The first-order valence-corrected chi connectivity index (χ1v) is 14.0. The van der Waals surface area contributed by atoms with Crippen molar-refractivity contribution >= 4 is 9.84 Å². The maximum atomic E-state index is 13.7. The predicted octanol–water partition coefficient (Wildman–Crippen LogP) is 5.20. The highest BCUT2D eigenvalue weighted by Gasteiger charge is 2.32. The number of pyridine rings is 1. The molecule has 8 nitrogen and oxygen atoms in total. The van der Waals surface area contributed by atoms with E-state index in [2.05, 4.69) is 16.0 Å². The van der Waals surface area contributed by atoms with Gasteiger partial charge >= 0.3 is 0 Å². The molecule has 2 aromatic heterocycles. The van der Waals surface area contributed by atoms with Gasteiger partial charge in [-0.1, -0.05) is 44.5 Å². The highest BCUT2D eigenvalue weighted by Crippen LogP contribution is 2.34. The smallest absolute Gasteiger partial charge is 0.296 e. The van der Waals surface area contributed by atoms with E-state index in [1.54, 1.807) is 24.3 Å². The summed E-state index contributed by atoms with van der Waals surface area (Å²) in [4.78, 5) is 20.0. The van der Waals surface area contributed by atoms with Crippen LogP contribution >= 0.6 is 0 Å². The fourth-order valence-electron chi connectivity index (χ4n) is 4.52. The van der Waals surface area contributed by atoms with E-state index in [9.17, 15) is 28.0 Å². The molecule has 10 heteroatoms. The number of nitriles is 1. The van der Waals surface area contributed by atoms with Gasteiger partial charge in [0.2, 0.25) is 15.7 Å². The van der Waals surface area contributed by atoms with Gasteiger partial charge in [-0.3, -0.25) is 14.3 Å². The number of hydrogen-bond donors (Lipinski definition) is 1. The molecule has 200 valence electrons. The van der Waals surface area contributed by atoms with Gasteiger partial charge in [0.1, 0.15) is 11.6 Å². The minimum absolute atomic E-state index is 0.225. The van der Waals surface area contributed by atoms with Gasteiger partial charge in [0, 0.05) is 18.2 Å². The molecule has 0 aliphatic carbocycles. The summed E-state index contributed by atoms with van der Waals surface area (Å²) in [7, 11) is -4.49. The molecule has 0 bridgehead atoms. The zero-order chi connectivity index (χ0) is 28.2. The summed E-state index contributed by atoms with van der Waals surface area (Å²) in [5, 5.41) is 20.8. The van der Waals surface area contributed by atoms with E-state index in [0.29, 0.717) is 41.5 Å². The van der Waals surface area contributed by atoms with Crippen LogP contribution in [0.3, 0.4) is 0 Å². The zero-order valence-electron chi connectivity index (χ0n) is 21.5. The highest BCUT2D eigenvalue weighted by molar-refractivity contribution is 7.91. The highest BCUT2D eigenvalue weighted by atomic mass is 32.2. The Balaban J connectivity index is 1.87. The zero-order valence-corrected chi connectivity index (χ0v) is 22.3. The van der Waals surface area contributed by atoms with Crippen LogP contribution in [0.2, 0.25) is 0 Å². The second-order valence-electron chi connectivity index (χ2n) is 9.04. The molecule has 0 saturated heterocycles. The molecule has 0 fully saturated rings. The lowest BCUT2D eigenvalue weighted by atomic mass is 10.0. The number of benzene rings is 2. The first-order valence-electron chi connectivity index (χ1n) is 12.5. The van der Waals surface area contributed by atoms with Crippen LogP contribution in [0, 0.1) is 17.1 Å². The Labute approximate surface area is 226 Å². The fourth-order valence-corrected chi connectivity index (χ4v) is 5.86. The molecule has 0 saturated carbocycles. The molecule has 0 amide bonds. The standard InChI is InChI=1S/C29H27FN4O4S/c1-3-5-9-26-33-28(35)27(29(36)34(26)25(4-2)21-8-6-7-19(14-21)16-31)39(37,38)24-12-10-20(11-13-24)22-15-23(30)18-32-17-22/h6-8,10-15,17-18,25,36H,3-5,9H2,1-2H3/t25-/m0/s1. The molecule has 4 rings (SSSR count). The van der Waals surface area contributed by atoms with Crippen LogP contribution in [-0.2, 0) is 16.3 Å². The van der Waals surface area contributed by atoms with Crippen molar-refractivity contribution in [2.45, 2.75) is 55.4 Å². The molecule has 0 aliphatic heterocycles. The van der Waals surface area contributed by atoms with Crippen LogP contribution in [0.5, 0.6) is 5.88 Å². The van der Waals surface area contributed by atoms with E-state index in [1.807, 2.05) is 13.8 Å². The minimum atomic E-state index is -4.49. The van der Waals surface area contributed by atoms with E-state index in [-0.39, 0.29) is 10.7 Å². The normalized spacial score (nSPS) is 12.2. The molecule has 39 heavy (non-hydrogen) atoms. The average Bonchev–Trinajstić information content (AvgIpc) is 2.93. The van der Waals surface area contributed by atoms with Gasteiger partial charge < -0.3 is 5.11 Å². The monoisotopic (exact) mass is 546 g/mol. The van der Waals surface area contributed by atoms with Crippen molar-refractivity contribution in [3.63, 3.8) is 0 Å². The van der Waals surface area contributed by atoms with Crippen LogP contribution in [-0.4, -0.2) is 28.1 Å². The number of rotatable bonds is 9. The Morgan fingerprint density at radius 1 is 1.08 bits per heavy atom. The molecule has 0 unspecified atom stereocenters. The number of unbranched alkanes of at least 4 members (excludes halogenated alkanes) is 1. The molecule has 1 N–H and O–H groups in total. The Bertz CT molecular complexity index is 1710. The van der Waals surface area contributed by atoms with E-state index in [0.717, 1.165) is 12.6 Å². The molecular weight excluding hydrogens is 519 g/mol. The minimum Gasteiger partial charge on any atom is -0.493 e. The Hall–Kier alpha value is -4.36. The van der Waals surface area contributed by atoms with Crippen LogP contribution in [0.25, 0.3) is 11.1 Å². The lowest BCUT2D eigenvalue weighted by molar-refractivity contribution is 0.358. The van der Waals surface area contributed by atoms with E-state index < -0.39 is 38.0 Å². The summed E-state index contributed by atoms with van der Waals surface area (Å²) in [6.45, 7) is 3.83. The van der Waals surface area contributed by atoms with Gasteiger partial charge in [-0.15, -0.1) is 0 Å². The SMILES string of the molecule is CCCCc1nc(=O)c(S(=O)(=O)c2ccc(-c3cncc(F)c3)cc2)c(O)n1[C@@H](CC)c1cccc(C#N)c1. The topological polar surface area (TPSA) is 126 Å². The summed E-state index contributed by atoms with van der Waals surface area (Å²) in [6, 6.07) is 15.1. The third-order valence-corrected chi connectivity index (χ3v) is 8.25. The summed E-state index contributed by atoms with van der Waals surface area (Å²) in [6.07, 6.45) is 4.76. The third-order valence-electron chi connectivity index (χ3n) is 6.46. The Morgan fingerprint density at radius 2 is 1.82 bits per heavy atom. The van der Waals surface area contributed by atoms with Gasteiger partial charge in [-0.05, 0) is 54.3 Å². The van der Waals surface area contributed by atoms with Crippen molar-refractivity contribution in [1.82, 2.24) is 14.5 Å². The van der Waals surface area contributed by atoms with Crippen molar-refractivity contribution in [2.24, 2.45) is 0 Å². The van der Waals surface area contributed by atoms with Crippen molar-refractivity contribution < 1.29 is 17.9 Å². The molecule has 2 aromatic carbocycles. The van der Waals surface area contributed by atoms with E-state index in [4.69, 9.17) is 0 Å². The van der Waals surface area contributed by atoms with Crippen LogP contribution in [0.15, 0.2) is 81.6 Å². The maximum absolute atomic E-state index is 13.7. The second kappa shape index (κ2) is 11.6. The number of aromatic hydroxyl groups is 1. The fraction of sp³-hybridized carbons (Fsp3) is 0.241. The van der Waals surface area contributed by atoms with Crippen molar-refractivity contribution in [3.05, 3.63) is 100 Å². The van der Waals surface area contributed by atoms with Crippen molar-refractivity contribution in [3.8, 4) is 23.1 Å². The molecule has 2 heterocycles. The lowest BCUT2D eigenvalue weighted by Gasteiger charge is -2.25. The molecule has 1 atom stereocenters. The summed E-state index contributed by atoms with van der Waals surface area (Å²) >= 11 is 0. The van der Waals surface area contributed by atoms with Crippen LogP contribution in [0.1, 0.15) is 56.1 Å². The van der Waals surface area contributed by atoms with E-state index in [1.165, 1.54) is 41.1 Å². The number of hydrogen-bond acceptors (Lipinski definition) is 7. The quantitative estimate of drug-likeness (QED) is 0.306. The number of halogens is 1. The number of sulfone groups is 1. The van der Waals surface area contributed by atoms with Crippen LogP contribution in [0.4, 0.5) is 4.39 Å². The lowest BCUT2D eigenvalue weighted by Crippen LogP contribution is -2.27. The molecule has 0 spiro atoms. The Kier molecular flexibility index (Phi) is 8.21. The van der Waals surface area contributed by atoms with E-state index >= 15 is 0 Å².